The Morgan fingerprint density at radius 1 is 0.762 bits per heavy atom. The van der Waals surface area contributed by atoms with E-state index < -0.39 is 11.9 Å². The van der Waals surface area contributed by atoms with Gasteiger partial charge in [-0.25, -0.2) is 14.2 Å². The molecule has 2 heterocycles. The number of ether oxygens (including phenoxy) is 3. The van der Waals surface area contributed by atoms with E-state index in [1.54, 1.807) is 18.2 Å². The van der Waals surface area contributed by atoms with Crippen LogP contribution in [0.2, 0.25) is 0 Å². The van der Waals surface area contributed by atoms with Crippen LogP contribution < -0.4 is 20.6 Å². The lowest BCUT2D eigenvalue weighted by Gasteiger charge is -2.19. The molecule has 0 aliphatic heterocycles. The molecule has 0 spiro atoms. The average Bonchev–Trinajstić information content (AvgIpc) is 3.47. The molecule has 0 aliphatic rings. The van der Waals surface area contributed by atoms with Gasteiger partial charge in [0.25, 0.3) is 11.1 Å². The van der Waals surface area contributed by atoms with Crippen LogP contribution in [0, 0.1) is 13.8 Å². The van der Waals surface area contributed by atoms with Gasteiger partial charge < -0.3 is 14.2 Å². The van der Waals surface area contributed by atoms with Gasteiger partial charge in [-0.3, -0.25) is 19.8 Å². The number of aromatic amines is 2. The molecule has 5 rings (SSSR count). The van der Waals surface area contributed by atoms with Crippen molar-refractivity contribution in [3.8, 4) is 22.9 Å². The van der Waals surface area contributed by atoms with Gasteiger partial charge in [-0.2, -0.15) is 0 Å². The first-order chi connectivity index (χ1) is 20.3. The average molecular weight is 569 g/mol. The third-order valence-electron chi connectivity index (χ3n) is 7.01. The molecule has 0 radical (unpaired) electrons. The molecule has 2 N–H and O–H groups in total. The fraction of sp³-hybridized carbons (Fsp3) is 0.219. The highest BCUT2D eigenvalue weighted by atomic mass is 16.6. The molecule has 0 aliphatic carbocycles. The molecule has 42 heavy (non-hydrogen) atoms. The van der Waals surface area contributed by atoms with Crippen LogP contribution in [0.1, 0.15) is 40.9 Å². The van der Waals surface area contributed by atoms with Gasteiger partial charge in [-0.15, -0.1) is 0 Å². The number of methoxy groups -OCH3 is 1. The van der Waals surface area contributed by atoms with E-state index in [4.69, 9.17) is 14.2 Å². The van der Waals surface area contributed by atoms with Crippen molar-refractivity contribution in [3.05, 3.63) is 128 Å². The zero-order chi connectivity index (χ0) is 29.8. The van der Waals surface area contributed by atoms with Gasteiger partial charge in [0.05, 0.1) is 36.2 Å². The summed E-state index contributed by atoms with van der Waals surface area (Å²) in [4.78, 5) is 39.9. The Morgan fingerprint density at radius 2 is 1.29 bits per heavy atom. The number of carbonyl (C=O) groups is 1. The van der Waals surface area contributed by atoms with Crippen molar-refractivity contribution in [1.29, 1.82) is 0 Å². The largest absolute Gasteiger partial charge is 0.490 e. The zero-order valence-electron chi connectivity index (χ0n) is 23.8. The van der Waals surface area contributed by atoms with Crippen LogP contribution in [0.25, 0.3) is 11.4 Å². The Morgan fingerprint density at radius 3 is 1.76 bits per heavy atom. The molecule has 0 saturated heterocycles. The van der Waals surface area contributed by atoms with Crippen LogP contribution in [0.15, 0.2) is 88.5 Å². The fourth-order valence-corrected chi connectivity index (χ4v) is 5.08. The molecule has 0 bridgehead atoms. The summed E-state index contributed by atoms with van der Waals surface area (Å²) >= 11 is 0. The molecular formula is C32H32N4O6. The summed E-state index contributed by atoms with van der Waals surface area (Å²) in [6.45, 7) is 5.50. The van der Waals surface area contributed by atoms with E-state index in [9.17, 15) is 14.4 Å². The Labute approximate surface area is 242 Å². The predicted molar refractivity (Wildman–Crippen MR) is 158 cm³/mol. The highest BCUT2D eigenvalue weighted by molar-refractivity contribution is 5.71. The van der Waals surface area contributed by atoms with Crippen LogP contribution in [0.3, 0.4) is 0 Å². The van der Waals surface area contributed by atoms with Crippen LogP contribution in [-0.2, 0) is 9.53 Å². The predicted octanol–water partition coefficient (Wildman–Crippen LogP) is 4.39. The summed E-state index contributed by atoms with van der Waals surface area (Å²) in [5.41, 5.74) is 3.50. The molecule has 216 valence electrons. The number of para-hydroxylation sites is 2. The summed E-state index contributed by atoms with van der Waals surface area (Å²) < 4.78 is 19.2. The first-order valence-electron chi connectivity index (χ1n) is 13.5. The summed E-state index contributed by atoms with van der Waals surface area (Å²) in [6, 6.07) is 23.7. The number of aryl methyl sites for hydroxylation is 2. The molecule has 0 atom stereocenters. The number of benzene rings is 3. The summed E-state index contributed by atoms with van der Waals surface area (Å²) in [5, 5.41) is 6.39. The van der Waals surface area contributed by atoms with Crippen molar-refractivity contribution < 1.29 is 19.0 Å². The van der Waals surface area contributed by atoms with E-state index in [0.29, 0.717) is 57.6 Å². The third kappa shape index (κ3) is 5.38. The molecule has 10 heteroatoms. The van der Waals surface area contributed by atoms with Crippen molar-refractivity contribution in [2.75, 3.05) is 20.3 Å². The Balaban J connectivity index is 1.73. The van der Waals surface area contributed by atoms with E-state index in [2.05, 4.69) is 10.2 Å². The molecule has 0 amide bonds. The number of nitrogens with one attached hydrogen (secondary N) is 2. The van der Waals surface area contributed by atoms with Gasteiger partial charge in [0.2, 0.25) is 0 Å². The number of hydrogen-bond donors (Lipinski definition) is 2. The van der Waals surface area contributed by atoms with Gasteiger partial charge in [0.1, 0.15) is 0 Å². The first kappa shape index (κ1) is 28.3. The maximum atomic E-state index is 14.1. The maximum Gasteiger partial charge on any atom is 0.343 e. The molecular weight excluding hydrogens is 536 g/mol. The lowest BCUT2D eigenvalue weighted by atomic mass is 9.85. The second-order valence-electron chi connectivity index (χ2n) is 9.69. The Hall–Kier alpha value is -5.25. The van der Waals surface area contributed by atoms with E-state index >= 15 is 0 Å². The second-order valence-corrected chi connectivity index (χ2v) is 9.69. The van der Waals surface area contributed by atoms with E-state index in [0.717, 1.165) is 0 Å². The van der Waals surface area contributed by atoms with Crippen molar-refractivity contribution in [2.45, 2.75) is 26.7 Å². The number of aromatic nitrogens is 4. The highest BCUT2D eigenvalue weighted by Crippen LogP contribution is 2.37. The van der Waals surface area contributed by atoms with Crippen molar-refractivity contribution >= 4 is 5.97 Å². The van der Waals surface area contributed by atoms with Crippen molar-refractivity contribution in [2.24, 2.45) is 0 Å². The summed E-state index contributed by atoms with van der Waals surface area (Å²) in [5.74, 6) is -0.587. The van der Waals surface area contributed by atoms with Gasteiger partial charge in [-0.05, 0) is 62.7 Å². The molecule has 5 aromatic rings. The van der Waals surface area contributed by atoms with Crippen LogP contribution in [0.4, 0.5) is 0 Å². The minimum Gasteiger partial charge on any atom is -0.490 e. The molecule has 0 fully saturated rings. The number of hydrogen-bond acceptors (Lipinski definition) is 6. The van der Waals surface area contributed by atoms with Gasteiger partial charge >= 0.3 is 5.97 Å². The number of nitrogens with zero attached hydrogens (tertiary/aromatic N) is 2. The minimum absolute atomic E-state index is 0.279. The third-order valence-corrected chi connectivity index (χ3v) is 7.01. The van der Waals surface area contributed by atoms with Crippen LogP contribution in [0.5, 0.6) is 11.5 Å². The standard InChI is InChI=1S/C32H32N4O6/c1-5-41-26-18-22(16-17-25(26)42-19-27(37)40-4)30(28-20(2)33-35(31(28)38)23-12-8-6-9-13-23)29-21(3)34-36(32(29)39)24-14-10-7-11-15-24/h6-18,30,33-34H,5,19H2,1-4H3. The Bertz CT molecular complexity index is 1720. The molecule has 0 saturated carbocycles. The second kappa shape index (κ2) is 12.1. The molecule has 2 aromatic heterocycles. The maximum absolute atomic E-state index is 14.1. The Kier molecular flexibility index (Phi) is 8.14. The smallest absolute Gasteiger partial charge is 0.343 e. The highest BCUT2D eigenvalue weighted by Gasteiger charge is 2.31. The van der Waals surface area contributed by atoms with E-state index in [1.165, 1.54) is 16.5 Å². The zero-order valence-corrected chi connectivity index (χ0v) is 23.8. The topological polar surface area (TPSA) is 120 Å². The van der Waals surface area contributed by atoms with E-state index in [-0.39, 0.29) is 17.7 Å². The molecule has 3 aromatic carbocycles. The summed E-state index contributed by atoms with van der Waals surface area (Å²) in [6.07, 6.45) is 0. The quantitative estimate of drug-likeness (QED) is 0.241. The van der Waals surface area contributed by atoms with Gasteiger partial charge in [-0.1, -0.05) is 42.5 Å². The van der Waals surface area contributed by atoms with Gasteiger partial charge in [0.15, 0.2) is 18.1 Å². The molecule has 0 unspecified atom stereocenters. The van der Waals surface area contributed by atoms with Crippen LogP contribution >= 0.6 is 0 Å². The fourth-order valence-electron chi connectivity index (χ4n) is 5.08. The summed E-state index contributed by atoms with van der Waals surface area (Å²) in [7, 11) is 1.28. The van der Waals surface area contributed by atoms with E-state index in [1.807, 2.05) is 81.4 Å². The van der Waals surface area contributed by atoms with Gasteiger partial charge in [0, 0.05) is 17.3 Å². The number of rotatable bonds is 10. The number of H-pyrrole nitrogens is 2. The monoisotopic (exact) mass is 568 g/mol. The van der Waals surface area contributed by atoms with Crippen molar-refractivity contribution in [3.63, 3.8) is 0 Å². The van der Waals surface area contributed by atoms with Crippen LogP contribution in [-0.4, -0.2) is 45.9 Å². The lowest BCUT2D eigenvalue weighted by molar-refractivity contribution is -0.142. The first-order valence-corrected chi connectivity index (χ1v) is 13.5. The number of carbonyl (C=O) groups excluding carboxylic acids is 1. The SMILES string of the molecule is CCOc1cc(C(c2c(C)[nH]n(-c3ccccc3)c2=O)c2c(C)[nH]n(-c3ccccc3)c2=O)ccc1OCC(=O)OC. The lowest BCUT2D eigenvalue weighted by Crippen LogP contribution is -2.25. The minimum atomic E-state index is -0.763. The normalized spacial score (nSPS) is 11.1. The molecule has 10 nitrogen and oxygen atoms in total. The van der Waals surface area contributed by atoms with Crippen molar-refractivity contribution in [1.82, 2.24) is 19.6 Å². The number of esters is 1.